The summed E-state index contributed by atoms with van der Waals surface area (Å²) in [7, 11) is 1.35. The first-order valence-electron chi connectivity index (χ1n) is 9.97. The van der Waals surface area contributed by atoms with E-state index in [4.69, 9.17) is 9.47 Å². The van der Waals surface area contributed by atoms with Gasteiger partial charge in [-0.05, 0) is 62.4 Å². The van der Waals surface area contributed by atoms with Gasteiger partial charge in [0.15, 0.2) is 0 Å². The van der Waals surface area contributed by atoms with Crippen molar-refractivity contribution in [3.8, 4) is 0 Å². The van der Waals surface area contributed by atoms with Crippen LogP contribution in [0.15, 0.2) is 30.6 Å². The van der Waals surface area contributed by atoms with Crippen molar-refractivity contribution < 1.29 is 19.1 Å². The number of carbonyl (C=O) groups is 2. The van der Waals surface area contributed by atoms with E-state index in [0.717, 1.165) is 47.2 Å². The number of carbonyl (C=O) groups excluding carboxylic acids is 2. The highest BCUT2D eigenvalue weighted by Gasteiger charge is 2.24. The van der Waals surface area contributed by atoms with Crippen molar-refractivity contribution >= 4 is 45.0 Å². The van der Waals surface area contributed by atoms with Crippen molar-refractivity contribution in [2.45, 2.75) is 45.1 Å². The molecule has 0 spiro atoms. The number of aryl methyl sites for hydroxylation is 1. The molecule has 1 fully saturated rings. The number of aromatic nitrogens is 2. The van der Waals surface area contributed by atoms with Crippen LogP contribution in [0.25, 0.3) is 10.2 Å². The Morgan fingerprint density at radius 3 is 2.50 bits per heavy atom. The van der Waals surface area contributed by atoms with Gasteiger partial charge in [-0.15, -0.1) is 11.3 Å². The Bertz CT molecular complexity index is 1070. The Morgan fingerprint density at radius 1 is 1.07 bits per heavy atom. The standard InChI is InChI=1S/C22H23N3O4S/c1-13-17-19(25-15-10-8-14(9-11-15)21(26)28-2)23-12-24-20(17)30-18(13)22(27)29-16-6-4-3-5-7-16/h8-12,16H,3-7H2,1-2H3,(H,23,24,25). The Morgan fingerprint density at radius 2 is 1.80 bits per heavy atom. The maximum Gasteiger partial charge on any atom is 0.348 e. The van der Waals surface area contributed by atoms with E-state index in [1.54, 1.807) is 24.3 Å². The molecule has 30 heavy (non-hydrogen) atoms. The summed E-state index contributed by atoms with van der Waals surface area (Å²) in [6, 6.07) is 6.92. The smallest absolute Gasteiger partial charge is 0.348 e. The number of methoxy groups -OCH3 is 1. The largest absolute Gasteiger partial charge is 0.465 e. The van der Waals surface area contributed by atoms with E-state index in [2.05, 4.69) is 15.3 Å². The molecule has 0 saturated heterocycles. The van der Waals surface area contributed by atoms with Crippen molar-refractivity contribution in [2.24, 2.45) is 0 Å². The highest BCUT2D eigenvalue weighted by molar-refractivity contribution is 7.20. The zero-order chi connectivity index (χ0) is 21.1. The van der Waals surface area contributed by atoms with Gasteiger partial charge in [0.05, 0.1) is 18.1 Å². The van der Waals surface area contributed by atoms with Gasteiger partial charge in [0.25, 0.3) is 0 Å². The van der Waals surface area contributed by atoms with E-state index in [9.17, 15) is 9.59 Å². The van der Waals surface area contributed by atoms with E-state index in [1.807, 2.05) is 6.92 Å². The van der Waals surface area contributed by atoms with Gasteiger partial charge in [0, 0.05) is 5.69 Å². The maximum atomic E-state index is 12.8. The first-order chi connectivity index (χ1) is 14.6. The summed E-state index contributed by atoms with van der Waals surface area (Å²) in [5.41, 5.74) is 2.04. The number of ether oxygens (including phenoxy) is 2. The number of rotatable bonds is 5. The molecule has 7 nitrogen and oxygen atoms in total. The molecule has 0 unspecified atom stereocenters. The first-order valence-corrected chi connectivity index (χ1v) is 10.8. The average Bonchev–Trinajstić information content (AvgIpc) is 3.12. The van der Waals surface area contributed by atoms with Crippen molar-refractivity contribution in [2.75, 3.05) is 12.4 Å². The van der Waals surface area contributed by atoms with Gasteiger partial charge < -0.3 is 14.8 Å². The minimum absolute atomic E-state index is 0.00728. The number of nitrogens with one attached hydrogen (secondary N) is 1. The van der Waals surface area contributed by atoms with Crippen LogP contribution < -0.4 is 5.32 Å². The molecule has 1 aliphatic carbocycles. The highest BCUT2D eigenvalue weighted by atomic mass is 32.1. The van der Waals surface area contributed by atoms with Gasteiger partial charge >= 0.3 is 11.9 Å². The molecular weight excluding hydrogens is 402 g/mol. The van der Waals surface area contributed by atoms with Crippen LogP contribution in [-0.2, 0) is 9.47 Å². The lowest BCUT2D eigenvalue weighted by atomic mass is 9.98. The van der Waals surface area contributed by atoms with Crippen molar-refractivity contribution in [1.82, 2.24) is 9.97 Å². The summed E-state index contributed by atoms with van der Waals surface area (Å²) in [5.74, 6) is -0.0622. The Balaban J connectivity index is 1.59. The van der Waals surface area contributed by atoms with Crippen LogP contribution in [0.1, 0.15) is 57.7 Å². The van der Waals surface area contributed by atoms with Gasteiger partial charge in [-0.3, -0.25) is 0 Å². The Kier molecular flexibility index (Phi) is 5.94. The van der Waals surface area contributed by atoms with Crippen molar-refractivity contribution in [1.29, 1.82) is 0 Å². The lowest BCUT2D eigenvalue weighted by molar-refractivity contribution is 0.0216. The number of hydrogen-bond donors (Lipinski definition) is 1. The van der Waals surface area contributed by atoms with E-state index >= 15 is 0 Å². The molecule has 8 heteroatoms. The first kappa shape index (κ1) is 20.3. The van der Waals surface area contributed by atoms with Gasteiger partial charge in [-0.25, -0.2) is 19.6 Å². The molecular formula is C22H23N3O4S. The van der Waals surface area contributed by atoms with Crippen LogP contribution >= 0.6 is 11.3 Å². The minimum Gasteiger partial charge on any atom is -0.465 e. The van der Waals surface area contributed by atoms with Gasteiger partial charge in [-0.1, -0.05) is 6.42 Å². The van der Waals surface area contributed by atoms with E-state index in [0.29, 0.717) is 16.3 Å². The second-order valence-corrected chi connectivity index (χ2v) is 8.32. The van der Waals surface area contributed by atoms with E-state index in [-0.39, 0.29) is 18.0 Å². The lowest BCUT2D eigenvalue weighted by Crippen LogP contribution is -2.20. The van der Waals surface area contributed by atoms with Crippen LogP contribution in [0, 0.1) is 6.92 Å². The molecule has 0 aliphatic heterocycles. The molecule has 0 amide bonds. The van der Waals surface area contributed by atoms with Crippen LogP contribution in [0.4, 0.5) is 11.5 Å². The van der Waals surface area contributed by atoms with Crippen molar-refractivity contribution in [3.63, 3.8) is 0 Å². The predicted molar refractivity (Wildman–Crippen MR) is 116 cm³/mol. The number of hydrogen-bond acceptors (Lipinski definition) is 8. The molecule has 2 heterocycles. The molecule has 1 N–H and O–H groups in total. The SMILES string of the molecule is COC(=O)c1ccc(Nc2ncnc3sc(C(=O)OC4CCCCC4)c(C)c23)cc1. The van der Waals surface area contributed by atoms with Crippen LogP contribution in [0.3, 0.4) is 0 Å². The molecule has 4 rings (SSSR count). The third-order valence-corrected chi connectivity index (χ3v) is 6.49. The Hall–Kier alpha value is -3.00. The number of fused-ring (bicyclic) bond motifs is 1. The molecule has 0 radical (unpaired) electrons. The fraction of sp³-hybridized carbons (Fsp3) is 0.364. The number of thiophene rings is 1. The quantitative estimate of drug-likeness (QED) is 0.574. The monoisotopic (exact) mass is 425 g/mol. The highest BCUT2D eigenvalue weighted by Crippen LogP contribution is 2.35. The van der Waals surface area contributed by atoms with E-state index in [1.165, 1.54) is 31.2 Å². The minimum atomic E-state index is -0.388. The Labute approximate surface area is 178 Å². The molecule has 0 atom stereocenters. The number of benzene rings is 1. The van der Waals surface area contributed by atoms with Gasteiger partial charge in [-0.2, -0.15) is 0 Å². The molecule has 156 valence electrons. The lowest BCUT2D eigenvalue weighted by Gasteiger charge is -2.21. The van der Waals surface area contributed by atoms with Crippen LogP contribution in [0.5, 0.6) is 0 Å². The summed E-state index contributed by atoms with van der Waals surface area (Å²) in [4.78, 5) is 34.4. The zero-order valence-corrected chi connectivity index (χ0v) is 17.8. The van der Waals surface area contributed by atoms with E-state index < -0.39 is 0 Å². The number of anilines is 2. The van der Waals surface area contributed by atoms with Crippen LogP contribution in [0.2, 0.25) is 0 Å². The summed E-state index contributed by atoms with van der Waals surface area (Å²) < 4.78 is 10.5. The maximum absolute atomic E-state index is 12.8. The molecule has 1 saturated carbocycles. The van der Waals surface area contributed by atoms with Crippen molar-refractivity contribution in [3.05, 3.63) is 46.6 Å². The third-order valence-electron chi connectivity index (χ3n) is 5.31. The van der Waals surface area contributed by atoms with Crippen LogP contribution in [-0.4, -0.2) is 35.1 Å². The predicted octanol–water partition coefficient (Wildman–Crippen LogP) is 5.02. The fourth-order valence-corrected chi connectivity index (χ4v) is 4.72. The molecule has 0 bridgehead atoms. The summed E-state index contributed by atoms with van der Waals surface area (Å²) >= 11 is 1.33. The summed E-state index contributed by atoms with van der Waals surface area (Å²) in [5, 5.41) is 4.06. The zero-order valence-electron chi connectivity index (χ0n) is 16.9. The third kappa shape index (κ3) is 4.14. The van der Waals surface area contributed by atoms with Gasteiger partial charge in [0.1, 0.15) is 28.0 Å². The number of esters is 2. The normalized spacial score (nSPS) is 14.5. The molecule has 3 aromatic rings. The molecule has 1 aromatic carbocycles. The molecule has 2 aromatic heterocycles. The second-order valence-electron chi connectivity index (χ2n) is 7.32. The van der Waals surface area contributed by atoms with Gasteiger partial charge in [0.2, 0.25) is 0 Å². The molecule has 1 aliphatic rings. The number of nitrogens with zero attached hydrogens (tertiary/aromatic N) is 2. The topological polar surface area (TPSA) is 90.4 Å². The summed E-state index contributed by atoms with van der Waals surface area (Å²) in [6.07, 6.45) is 6.78. The second kappa shape index (κ2) is 8.79. The summed E-state index contributed by atoms with van der Waals surface area (Å²) in [6.45, 7) is 1.89. The average molecular weight is 426 g/mol. The fourth-order valence-electron chi connectivity index (χ4n) is 3.69.